The van der Waals surface area contributed by atoms with E-state index in [2.05, 4.69) is 10.5 Å². The Kier molecular flexibility index (Phi) is 5.96. The Morgan fingerprint density at radius 3 is 2.70 bits per heavy atom. The first-order chi connectivity index (χ1) is 9.51. The van der Waals surface area contributed by atoms with Crippen LogP contribution >= 0.6 is 0 Å². The summed E-state index contributed by atoms with van der Waals surface area (Å²) in [5.74, 6) is -1.60. The Morgan fingerprint density at radius 2 is 2.15 bits per heavy atom. The van der Waals surface area contributed by atoms with Gasteiger partial charge in [0, 0.05) is 5.56 Å². The summed E-state index contributed by atoms with van der Waals surface area (Å²) in [6.45, 7) is 3.58. The van der Waals surface area contributed by atoms with Gasteiger partial charge in [0.05, 0.1) is 12.0 Å². The molecule has 1 rings (SSSR count). The minimum Gasteiger partial charge on any atom is -0.409 e. The first-order valence-corrected chi connectivity index (χ1v) is 6.53. The number of carbonyl (C=O) groups is 1. The van der Waals surface area contributed by atoms with Crippen LogP contribution in [0.5, 0.6) is 0 Å². The van der Waals surface area contributed by atoms with Gasteiger partial charge < -0.3 is 16.3 Å². The molecule has 2 atom stereocenters. The van der Waals surface area contributed by atoms with Gasteiger partial charge in [-0.2, -0.15) is 0 Å². The number of amides is 1. The van der Waals surface area contributed by atoms with E-state index in [1.54, 1.807) is 25.1 Å². The van der Waals surface area contributed by atoms with Gasteiger partial charge in [0.25, 0.3) is 0 Å². The first kappa shape index (κ1) is 15.9. The summed E-state index contributed by atoms with van der Waals surface area (Å²) in [5.41, 5.74) is 5.91. The van der Waals surface area contributed by atoms with E-state index >= 15 is 0 Å². The molecule has 0 saturated carbocycles. The van der Waals surface area contributed by atoms with Gasteiger partial charge in [0.15, 0.2) is 5.84 Å². The highest BCUT2D eigenvalue weighted by atomic mass is 19.1. The van der Waals surface area contributed by atoms with E-state index < -0.39 is 12.0 Å². The van der Waals surface area contributed by atoms with E-state index in [1.165, 1.54) is 6.07 Å². The zero-order valence-corrected chi connectivity index (χ0v) is 11.6. The van der Waals surface area contributed by atoms with E-state index in [0.717, 1.165) is 0 Å². The Labute approximate surface area is 117 Å². The monoisotopic (exact) mass is 281 g/mol. The number of amidine groups is 1. The molecule has 0 aromatic heterocycles. The van der Waals surface area contributed by atoms with Crippen LogP contribution in [-0.4, -0.2) is 17.0 Å². The van der Waals surface area contributed by atoms with Crippen molar-refractivity contribution in [1.82, 2.24) is 5.32 Å². The summed E-state index contributed by atoms with van der Waals surface area (Å²) < 4.78 is 13.6. The molecule has 20 heavy (non-hydrogen) atoms. The lowest BCUT2D eigenvalue weighted by Crippen LogP contribution is -2.40. The molecular weight excluding hydrogens is 261 g/mol. The van der Waals surface area contributed by atoms with Gasteiger partial charge in [-0.1, -0.05) is 36.7 Å². The molecule has 0 aliphatic heterocycles. The molecule has 6 heteroatoms. The van der Waals surface area contributed by atoms with Crippen molar-refractivity contribution < 1.29 is 14.4 Å². The quantitative estimate of drug-likeness (QED) is 0.323. The lowest BCUT2D eigenvalue weighted by atomic mass is 10.00. The molecule has 0 bridgehead atoms. The number of rotatable bonds is 6. The Morgan fingerprint density at radius 1 is 1.50 bits per heavy atom. The van der Waals surface area contributed by atoms with Crippen molar-refractivity contribution >= 4 is 11.7 Å². The molecule has 0 radical (unpaired) electrons. The minimum absolute atomic E-state index is 0.134. The number of oxime groups is 1. The fraction of sp³-hybridized carbons (Fsp3) is 0.429. The summed E-state index contributed by atoms with van der Waals surface area (Å²) in [4.78, 5) is 12.1. The SMILES string of the molecule is CCCC(C(=O)NC(C)c1ccccc1F)C(N)=NO. The minimum atomic E-state index is -0.709. The summed E-state index contributed by atoms with van der Waals surface area (Å²) in [5, 5.41) is 14.3. The average molecular weight is 281 g/mol. The molecule has 1 aromatic rings. The number of nitrogens with two attached hydrogens (primary N) is 1. The summed E-state index contributed by atoms with van der Waals surface area (Å²) >= 11 is 0. The van der Waals surface area contributed by atoms with Crippen molar-refractivity contribution in [3.8, 4) is 0 Å². The number of hydrogen-bond donors (Lipinski definition) is 3. The molecule has 4 N–H and O–H groups in total. The van der Waals surface area contributed by atoms with Crippen molar-refractivity contribution in [3.63, 3.8) is 0 Å². The standard InChI is InChI=1S/C14H20FN3O2/c1-3-6-11(13(16)18-20)14(19)17-9(2)10-7-4-5-8-12(10)15/h4-5,7-9,11,20H,3,6H2,1-2H3,(H2,16,18)(H,17,19). The van der Waals surface area contributed by atoms with E-state index in [4.69, 9.17) is 10.9 Å². The van der Waals surface area contributed by atoms with Crippen molar-refractivity contribution in [3.05, 3.63) is 35.6 Å². The predicted octanol–water partition coefficient (Wildman–Crippen LogP) is 2.17. The number of benzene rings is 1. The number of nitrogens with zero attached hydrogens (tertiary/aromatic N) is 1. The van der Waals surface area contributed by atoms with Crippen LogP contribution in [0.4, 0.5) is 4.39 Å². The summed E-state index contributed by atoms with van der Waals surface area (Å²) in [6, 6.07) is 5.75. The Bertz CT molecular complexity index is 491. The third kappa shape index (κ3) is 3.94. The van der Waals surface area contributed by atoms with Crippen LogP contribution in [0.15, 0.2) is 29.4 Å². The molecule has 0 heterocycles. The zero-order chi connectivity index (χ0) is 15.1. The van der Waals surface area contributed by atoms with Crippen molar-refractivity contribution in [1.29, 1.82) is 0 Å². The van der Waals surface area contributed by atoms with E-state index in [0.29, 0.717) is 18.4 Å². The van der Waals surface area contributed by atoms with Crippen LogP contribution in [0.3, 0.4) is 0 Å². The number of halogens is 1. The largest absolute Gasteiger partial charge is 0.409 e. The molecule has 1 aromatic carbocycles. The molecule has 5 nitrogen and oxygen atoms in total. The predicted molar refractivity (Wildman–Crippen MR) is 74.8 cm³/mol. The van der Waals surface area contributed by atoms with Gasteiger partial charge in [-0.25, -0.2) is 4.39 Å². The molecule has 0 fully saturated rings. The number of hydrogen-bond acceptors (Lipinski definition) is 3. The van der Waals surface area contributed by atoms with Crippen molar-refractivity contribution in [2.24, 2.45) is 16.8 Å². The highest BCUT2D eigenvalue weighted by Crippen LogP contribution is 2.17. The molecule has 0 aliphatic carbocycles. The molecule has 0 saturated heterocycles. The smallest absolute Gasteiger partial charge is 0.231 e. The second kappa shape index (κ2) is 7.47. The van der Waals surface area contributed by atoms with E-state index in [1.807, 2.05) is 6.92 Å². The molecule has 1 amide bonds. The third-order valence-corrected chi connectivity index (χ3v) is 3.10. The maximum absolute atomic E-state index is 13.6. The number of nitrogens with one attached hydrogen (secondary N) is 1. The van der Waals surface area contributed by atoms with Gasteiger partial charge in [0.2, 0.25) is 5.91 Å². The summed E-state index contributed by atoms with van der Waals surface area (Å²) in [6.07, 6.45) is 1.17. The second-order valence-corrected chi connectivity index (χ2v) is 4.62. The lowest BCUT2D eigenvalue weighted by Gasteiger charge is -2.19. The highest BCUT2D eigenvalue weighted by molar-refractivity contribution is 6.02. The lowest BCUT2D eigenvalue weighted by molar-refractivity contribution is -0.123. The highest BCUT2D eigenvalue weighted by Gasteiger charge is 2.24. The molecule has 2 unspecified atom stereocenters. The van der Waals surface area contributed by atoms with Gasteiger partial charge in [-0.05, 0) is 19.4 Å². The van der Waals surface area contributed by atoms with Crippen LogP contribution in [0.25, 0.3) is 0 Å². The molecular formula is C14H20FN3O2. The fourth-order valence-corrected chi connectivity index (χ4v) is 1.99. The van der Waals surface area contributed by atoms with E-state index in [9.17, 15) is 9.18 Å². The molecule has 0 spiro atoms. The third-order valence-electron chi connectivity index (χ3n) is 3.10. The topological polar surface area (TPSA) is 87.7 Å². The van der Waals surface area contributed by atoms with Crippen molar-refractivity contribution in [2.75, 3.05) is 0 Å². The maximum Gasteiger partial charge on any atom is 0.231 e. The van der Waals surface area contributed by atoms with Gasteiger partial charge in [-0.15, -0.1) is 0 Å². The van der Waals surface area contributed by atoms with Crippen LogP contribution in [0.1, 0.15) is 38.3 Å². The van der Waals surface area contributed by atoms with E-state index in [-0.39, 0.29) is 17.6 Å². The van der Waals surface area contributed by atoms with Crippen molar-refractivity contribution in [2.45, 2.75) is 32.7 Å². The maximum atomic E-state index is 13.6. The Balaban J connectivity index is 2.80. The number of carbonyl (C=O) groups excluding carboxylic acids is 1. The van der Waals surface area contributed by atoms with Gasteiger partial charge in [-0.3, -0.25) is 4.79 Å². The fourth-order valence-electron chi connectivity index (χ4n) is 1.99. The van der Waals surface area contributed by atoms with Crippen LogP contribution in [-0.2, 0) is 4.79 Å². The first-order valence-electron chi connectivity index (χ1n) is 6.53. The van der Waals surface area contributed by atoms with Crippen LogP contribution in [0.2, 0.25) is 0 Å². The normalized spacial score (nSPS) is 14.7. The average Bonchev–Trinajstić information content (AvgIpc) is 2.44. The zero-order valence-electron chi connectivity index (χ0n) is 11.6. The molecule has 0 aliphatic rings. The molecule has 110 valence electrons. The van der Waals surface area contributed by atoms with Gasteiger partial charge in [0.1, 0.15) is 5.82 Å². The van der Waals surface area contributed by atoms with Crippen LogP contribution < -0.4 is 11.1 Å². The summed E-state index contributed by atoms with van der Waals surface area (Å²) in [7, 11) is 0. The van der Waals surface area contributed by atoms with Crippen LogP contribution in [0, 0.1) is 11.7 Å². The van der Waals surface area contributed by atoms with Gasteiger partial charge >= 0.3 is 0 Å². The Hall–Kier alpha value is -2.11. The second-order valence-electron chi connectivity index (χ2n) is 4.62.